The average Bonchev–Trinajstić information content (AvgIpc) is 2.67. The zero-order valence-corrected chi connectivity index (χ0v) is 16.1. The Balaban J connectivity index is 1.86. The topological polar surface area (TPSA) is 59.2 Å². The Labute approximate surface area is 170 Å². The predicted molar refractivity (Wildman–Crippen MR) is 107 cm³/mol. The van der Waals surface area contributed by atoms with E-state index in [4.69, 9.17) is 17.3 Å². The Morgan fingerprint density at radius 3 is 2.28 bits per heavy atom. The number of hydrogen-bond acceptors (Lipinski definition) is 2. The molecule has 0 unspecified atom stereocenters. The van der Waals surface area contributed by atoms with Crippen LogP contribution in [0.25, 0.3) is 11.1 Å². The van der Waals surface area contributed by atoms with Gasteiger partial charge >= 0.3 is 12.2 Å². The molecule has 0 saturated carbocycles. The molecule has 2 N–H and O–H groups in total. The number of nitrogens with two attached hydrogens (primary N) is 1. The van der Waals surface area contributed by atoms with Gasteiger partial charge in [-0.15, -0.1) is 0 Å². The highest BCUT2D eigenvalue weighted by atomic mass is 35.5. The maximum atomic E-state index is 13.1. The summed E-state index contributed by atoms with van der Waals surface area (Å²) in [4.78, 5) is 17.2. The fraction of sp³-hybridized carbons (Fsp3) is 0.143. The highest BCUT2D eigenvalue weighted by Gasteiger charge is 2.34. The van der Waals surface area contributed by atoms with Crippen LogP contribution in [0.3, 0.4) is 0 Å². The number of benzene rings is 2. The third-order valence-electron chi connectivity index (χ3n) is 4.37. The predicted octanol–water partition coefficient (Wildman–Crippen LogP) is 5.81. The van der Waals surface area contributed by atoms with Crippen LogP contribution in [-0.2, 0) is 12.7 Å². The SMILES string of the molecule is Cc1ccc(-c2ccc(CN(C(N)=O)c3ccc(Cl)c(C(F)(F)F)c3)cc2)cn1. The van der Waals surface area contributed by atoms with Crippen molar-refractivity contribution in [2.45, 2.75) is 19.6 Å². The molecule has 0 aliphatic heterocycles. The maximum Gasteiger partial charge on any atom is 0.417 e. The third kappa shape index (κ3) is 4.86. The normalized spacial score (nSPS) is 11.3. The highest BCUT2D eigenvalue weighted by molar-refractivity contribution is 6.31. The fourth-order valence-electron chi connectivity index (χ4n) is 2.82. The molecule has 2 amide bonds. The molecular weight excluding hydrogens is 403 g/mol. The number of carbonyl (C=O) groups is 1. The van der Waals surface area contributed by atoms with Crippen LogP contribution in [0.1, 0.15) is 16.8 Å². The van der Waals surface area contributed by atoms with Gasteiger partial charge in [0.25, 0.3) is 0 Å². The van der Waals surface area contributed by atoms with Crippen molar-refractivity contribution >= 4 is 23.3 Å². The summed E-state index contributed by atoms with van der Waals surface area (Å²) in [5.41, 5.74) is 7.88. The number of amides is 2. The van der Waals surface area contributed by atoms with Gasteiger partial charge in [-0.3, -0.25) is 9.88 Å². The molecule has 0 bridgehead atoms. The number of anilines is 1. The van der Waals surface area contributed by atoms with Crippen LogP contribution in [0.15, 0.2) is 60.8 Å². The molecule has 2 aromatic carbocycles. The van der Waals surface area contributed by atoms with E-state index in [1.807, 2.05) is 31.2 Å². The quantitative estimate of drug-likeness (QED) is 0.579. The Morgan fingerprint density at radius 2 is 1.72 bits per heavy atom. The molecule has 0 radical (unpaired) electrons. The Morgan fingerprint density at radius 1 is 1.07 bits per heavy atom. The number of rotatable bonds is 4. The van der Waals surface area contributed by atoms with Gasteiger partial charge in [0.1, 0.15) is 0 Å². The van der Waals surface area contributed by atoms with E-state index in [0.717, 1.165) is 33.9 Å². The second kappa shape index (κ2) is 8.13. The standard InChI is InChI=1S/C21H17ClF3N3O/c1-13-2-5-16(11-27-13)15-6-3-14(4-7-15)12-28(20(26)29)17-8-9-19(22)18(10-17)21(23,24)25/h2-11H,12H2,1H3,(H2,26,29). The maximum absolute atomic E-state index is 13.1. The number of aryl methyl sites for hydroxylation is 1. The Bertz CT molecular complexity index is 1020. The Hall–Kier alpha value is -3.06. The first-order chi connectivity index (χ1) is 13.6. The van der Waals surface area contributed by atoms with Crippen molar-refractivity contribution < 1.29 is 18.0 Å². The third-order valence-corrected chi connectivity index (χ3v) is 4.70. The van der Waals surface area contributed by atoms with Crippen molar-refractivity contribution in [1.82, 2.24) is 4.98 Å². The lowest BCUT2D eigenvalue weighted by Gasteiger charge is -2.22. The van der Waals surface area contributed by atoms with Crippen molar-refractivity contribution in [2.24, 2.45) is 5.73 Å². The molecule has 0 saturated heterocycles. The van der Waals surface area contributed by atoms with Gasteiger partial charge in [0.05, 0.1) is 17.1 Å². The first-order valence-electron chi connectivity index (χ1n) is 8.61. The van der Waals surface area contributed by atoms with Crippen LogP contribution in [0.5, 0.6) is 0 Å². The summed E-state index contributed by atoms with van der Waals surface area (Å²) in [5.74, 6) is 0. The fourth-order valence-corrected chi connectivity index (χ4v) is 3.04. The molecule has 150 valence electrons. The van der Waals surface area contributed by atoms with Gasteiger partial charge < -0.3 is 5.73 Å². The van der Waals surface area contributed by atoms with E-state index in [-0.39, 0.29) is 12.2 Å². The summed E-state index contributed by atoms with van der Waals surface area (Å²) >= 11 is 5.65. The molecule has 0 aliphatic carbocycles. The molecule has 0 spiro atoms. The van der Waals surface area contributed by atoms with Gasteiger partial charge in [0.2, 0.25) is 0 Å². The van der Waals surface area contributed by atoms with Gasteiger partial charge in [0, 0.05) is 23.1 Å². The van der Waals surface area contributed by atoms with Crippen LogP contribution in [0.4, 0.5) is 23.7 Å². The number of urea groups is 1. The van der Waals surface area contributed by atoms with Crippen LogP contribution in [0, 0.1) is 6.92 Å². The van der Waals surface area contributed by atoms with E-state index in [2.05, 4.69) is 4.98 Å². The summed E-state index contributed by atoms with van der Waals surface area (Å²) < 4.78 is 39.4. The van der Waals surface area contributed by atoms with Gasteiger partial charge in [-0.2, -0.15) is 13.2 Å². The number of halogens is 4. The lowest BCUT2D eigenvalue weighted by Crippen LogP contribution is -2.35. The van der Waals surface area contributed by atoms with Crippen molar-refractivity contribution in [3.63, 3.8) is 0 Å². The van der Waals surface area contributed by atoms with Gasteiger partial charge in [-0.25, -0.2) is 4.79 Å². The monoisotopic (exact) mass is 419 g/mol. The van der Waals surface area contributed by atoms with Gasteiger partial charge in [-0.05, 0) is 42.3 Å². The number of nitrogens with zero attached hydrogens (tertiary/aromatic N) is 2. The van der Waals surface area contributed by atoms with Crippen LogP contribution in [0.2, 0.25) is 5.02 Å². The molecule has 3 aromatic rings. The molecule has 0 aliphatic rings. The second-order valence-corrected chi connectivity index (χ2v) is 6.88. The molecule has 4 nitrogen and oxygen atoms in total. The van der Waals surface area contributed by atoms with Crippen LogP contribution < -0.4 is 10.6 Å². The van der Waals surface area contributed by atoms with Crippen molar-refractivity contribution in [3.05, 3.63) is 82.6 Å². The lowest BCUT2D eigenvalue weighted by molar-refractivity contribution is -0.137. The van der Waals surface area contributed by atoms with E-state index in [1.54, 1.807) is 18.3 Å². The van der Waals surface area contributed by atoms with Crippen molar-refractivity contribution in [3.8, 4) is 11.1 Å². The minimum Gasteiger partial charge on any atom is -0.351 e. The zero-order chi connectivity index (χ0) is 21.2. The molecule has 0 fully saturated rings. The largest absolute Gasteiger partial charge is 0.417 e. The molecule has 1 aromatic heterocycles. The molecule has 3 rings (SSSR count). The van der Waals surface area contributed by atoms with Crippen LogP contribution >= 0.6 is 11.6 Å². The summed E-state index contributed by atoms with van der Waals surface area (Å²) in [5, 5.41) is -0.443. The van der Waals surface area contributed by atoms with E-state index in [1.165, 1.54) is 6.07 Å². The minimum absolute atomic E-state index is 0.0146. The van der Waals surface area contributed by atoms with Gasteiger partial charge in [-0.1, -0.05) is 41.9 Å². The van der Waals surface area contributed by atoms with E-state index < -0.39 is 22.8 Å². The number of pyridine rings is 1. The lowest BCUT2D eigenvalue weighted by atomic mass is 10.0. The molecule has 0 atom stereocenters. The minimum atomic E-state index is -4.64. The molecule has 1 heterocycles. The first kappa shape index (κ1) is 20.7. The van der Waals surface area contributed by atoms with E-state index in [9.17, 15) is 18.0 Å². The zero-order valence-electron chi connectivity index (χ0n) is 15.4. The van der Waals surface area contributed by atoms with E-state index >= 15 is 0 Å². The highest BCUT2D eigenvalue weighted by Crippen LogP contribution is 2.37. The number of alkyl halides is 3. The number of aromatic nitrogens is 1. The number of carbonyl (C=O) groups excluding carboxylic acids is 1. The summed E-state index contributed by atoms with van der Waals surface area (Å²) in [6, 6.07) is 13.5. The summed E-state index contributed by atoms with van der Waals surface area (Å²) in [7, 11) is 0. The van der Waals surface area contributed by atoms with E-state index in [0.29, 0.717) is 5.56 Å². The van der Waals surface area contributed by atoms with Gasteiger partial charge in [0.15, 0.2) is 0 Å². The van der Waals surface area contributed by atoms with Crippen molar-refractivity contribution in [1.29, 1.82) is 0 Å². The molecule has 29 heavy (non-hydrogen) atoms. The molecular formula is C21H17ClF3N3O. The van der Waals surface area contributed by atoms with Crippen molar-refractivity contribution in [2.75, 3.05) is 4.90 Å². The second-order valence-electron chi connectivity index (χ2n) is 6.47. The molecule has 8 heteroatoms. The number of primary amides is 1. The number of hydrogen-bond donors (Lipinski definition) is 1. The van der Waals surface area contributed by atoms with Crippen LogP contribution in [-0.4, -0.2) is 11.0 Å². The summed E-state index contributed by atoms with van der Waals surface area (Å²) in [6.45, 7) is 1.91. The smallest absolute Gasteiger partial charge is 0.351 e. The average molecular weight is 420 g/mol. The summed E-state index contributed by atoms with van der Waals surface area (Å²) in [6.07, 6.45) is -2.88. The first-order valence-corrected chi connectivity index (χ1v) is 8.98. The Kier molecular flexibility index (Phi) is 5.79.